The molecule has 3 atom stereocenters. The molecule has 0 aliphatic heterocycles. The van der Waals surface area contributed by atoms with E-state index in [-0.39, 0.29) is 31.2 Å². The molecular formula is C26H40F3N9O6. The number of aliphatic imine (C=N–C) groups is 1. The number of halogens is 3. The van der Waals surface area contributed by atoms with Crippen LogP contribution in [0.2, 0.25) is 0 Å². The lowest BCUT2D eigenvalue weighted by atomic mass is 9.85. The third kappa shape index (κ3) is 14.3. The first kappa shape index (κ1) is 39.1. The Hall–Kier alpha value is -4.90. The Balaban J connectivity index is 0.00000234. The summed E-state index contributed by atoms with van der Waals surface area (Å²) in [6.45, 7) is 5.48. The van der Waals surface area contributed by atoms with Crippen molar-refractivity contribution in [2.45, 2.75) is 58.3 Å². The van der Waals surface area contributed by atoms with Gasteiger partial charge in [0.2, 0.25) is 23.6 Å². The lowest BCUT2D eigenvalue weighted by Gasteiger charge is -2.32. The molecule has 0 spiro atoms. The van der Waals surface area contributed by atoms with Crippen LogP contribution in [0.25, 0.3) is 0 Å². The summed E-state index contributed by atoms with van der Waals surface area (Å²) < 4.78 is 31.7. The number of amides is 4. The lowest BCUT2D eigenvalue weighted by molar-refractivity contribution is -0.192. The van der Waals surface area contributed by atoms with Gasteiger partial charge in [-0.3, -0.25) is 29.6 Å². The average Bonchev–Trinajstić information content (AvgIpc) is 2.90. The number of alkyl halides is 3. The smallest absolute Gasteiger partial charge is 0.475 e. The molecule has 0 bridgehead atoms. The highest BCUT2D eigenvalue weighted by Gasteiger charge is 2.39. The van der Waals surface area contributed by atoms with E-state index in [0.29, 0.717) is 17.5 Å². The summed E-state index contributed by atoms with van der Waals surface area (Å²) in [5.74, 6) is -6.64. The van der Waals surface area contributed by atoms with Crippen LogP contribution in [0.5, 0.6) is 0 Å². The summed E-state index contributed by atoms with van der Waals surface area (Å²) >= 11 is 0. The summed E-state index contributed by atoms with van der Waals surface area (Å²) in [7, 11) is 1.41. The number of rotatable bonds is 13. The van der Waals surface area contributed by atoms with Crippen molar-refractivity contribution in [3.63, 3.8) is 0 Å². The lowest BCUT2D eigenvalue weighted by Crippen LogP contribution is -2.59. The molecule has 15 nitrogen and oxygen atoms in total. The van der Waals surface area contributed by atoms with E-state index >= 15 is 0 Å². The third-order valence-electron chi connectivity index (χ3n) is 5.85. The minimum atomic E-state index is -5.08. The molecule has 0 fully saturated rings. The van der Waals surface area contributed by atoms with E-state index in [2.05, 4.69) is 20.9 Å². The Kier molecular flexibility index (Phi) is 15.3. The first-order chi connectivity index (χ1) is 20.1. The number of nitrogens with one attached hydrogen (secondary N) is 4. The van der Waals surface area contributed by atoms with E-state index < -0.39 is 59.2 Å². The number of carboxylic acid groups (broad SMARTS) is 1. The fourth-order valence-electron chi connectivity index (χ4n) is 3.50. The van der Waals surface area contributed by atoms with Crippen LogP contribution in [0.1, 0.15) is 44.7 Å². The van der Waals surface area contributed by atoms with E-state index in [1.54, 1.807) is 45.0 Å². The summed E-state index contributed by atoms with van der Waals surface area (Å²) in [6, 6.07) is 4.52. The number of carbonyl (C=O) groups excluding carboxylic acids is 4. The average molecular weight is 632 g/mol. The Bertz CT molecular complexity index is 1210. The maximum absolute atomic E-state index is 13.2. The molecule has 13 N–H and O–H groups in total. The zero-order chi connectivity index (χ0) is 34.4. The molecule has 0 radical (unpaired) electrons. The largest absolute Gasteiger partial charge is 0.490 e. The number of aliphatic carboxylic acids is 1. The summed E-state index contributed by atoms with van der Waals surface area (Å²) in [6.07, 6.45) is -4.45. The minimum absolute atomic E-state index is 0.0525. The second-order valence-corrected chi connectivity index (χ2v) is 10.5. The highest BCUT2D eigenvalue weighted by atomic mass is 19.4. The number of amidine groups is 1. The zero-order valence-corrected chi connectivity index (χ0v) is 24.7. The molecule has 0 saturated carbocycles. The molecule has 0 heterocycles. The number of nitrogens with two attached hydrogens (primary N) is 4. The molecule has 1 aromatic rings. The SMILES string of the molecule is CNC(=O)C(Cc1ccc(C(=N)N)cc1)C(=O)N[C@H](C(=O)N[C@@H](CCCN=C(N)N)C(N)=O)C(C)(C)C.O=C(O)C(F)(F)F. The molecular weight excluding hydrogens is 591 g/mol. The van der Waals surface area contributed by atoms with Gasteiger partial charge in [0.15, 0.2) is 5.96 Å². The van der Waals surface area contributed by atoms with E-state index in [0.717, 1.165) is 0 Å². The first-order valence-electron chi connectivity index (χ1n) is 13.0. The second-order valence-electron chi connectivity index (χ2n) is 10.5. The van der Waals surface area contributed by atoms with Crippen molar-refractivity contribution in [2.24, 2.45) is 39.3 Å². The summed E-state index contributed by atoms with van der Waals surface area (Å²) in [4.78, 5) is 63.6. The number of benzene rings is 1. The van der Waals surface area contributed by atoms with Crippen molar-refractivity contribution in [1.29, 1.82) is 5.41 Å². The molecule has 0 saturated heterocycles. The van der Waals surface area contributed by atoms with Gasteiger partial charge in [0.1, 0.15) is 23.8 Å². The molecule has 1 rings (SSSR count). The van der Waals surface area contributed by atoms with Gasteiger partial charge in [-0.1, -0.05) is 45.0 Å². The molecule has 0 aromatic heterocycles. The van der Waals surface area contributed by atoms with E-state index in [9.17, 15) is 32.3 Å². The van der Waals surface area contributed by atoms with Crippen molar-refractivity contribution in [2.75, 3.05) is 13.6 Å². The standard InChI is InChI=1S/C24H39N9O4.C2HF3O2/c1-24(2,3)17(22(37)32-16(19(27)34)6-5-11-31-23(28)29)33-21(36)15(20(35)30-4)12-13-7-9-14(10-8-13)18(25)26;3-2(4,5)1(6)7/h7-10,15-17H,5-6,11-12H2,1-4H3,(H3,25,26)(H2,27,34)(H,30,35)(H,32,37)(H,33,36)(H4,28,29,31);(H,6,7)/t15?,16-,17+;/m0./s1. The third-order valence-corrected chi connectivity index (χ3v) is 5.85. The van der Waals surface area contributed by atoms with Crippen LogP contribution in [0.3, 0.4) is 0 Å². The van der Waals surface area contributed by atoms with E-state index in [1.165, 1.54) is 7.05 Å². The van der Waals surface area contributed by atoms with Crippen molar-refractivity contribution in [1.82, 2.24) is 16.0 Å². The van der Waals surface area contributed by atoms with Gasteiger partial charge in [0.25, 0.3) is 0 Å². The predicted octanol–water partition coefficient (Wildman–Crippen LogP) is -0.937. The maximum atomic E-state index is 13.2. The number of hydrogen-bond acceptors (Lipinski definition) is 7. The maximum Gasteiger partial charge on any atom is 0.490 e. The number of hydrogen-bond donors (Lipinski definition) is 9. The second kappa shape index (κ2) is 17.3. The molecule has 4 amide bonds. The number of carboxylic acids is 1. The minimum Gasteiger partial charge on any atom is -0.475 e. The highest BCUT2D eigenvalue weighted by molar-refractivity contribution is 6.02. The fraction of sp³-hybridized carbons (Fsp3) is 0.500. The Labute approximate surface area is 251 Å². The molecule has 0 aliphatic rings. The monoisotopic (exact) mass is 631 g/mol. The highest BCUT2D eigenvalue weighted by Crippen LogP contribution is 2.21. The summed E-state index contributed by atoms with van der Waals surface area (Å²) in [5, 5.41) is 22.4. The van der Waals surface area contributed by atoms with Crippen molar-refractivity contribution >= 4 is 41.4 Å². The van der Waals surface area contributed by atoms with E-state index in [1.807, 2.05) is 0 Å². The zero-order valence-electron chi connectivity index (χ0n) is 24.7. The van der Waals surface area contributed by atoms with Crippen molar-refractivity contribution in [3.05, 3.63) is 35.4 Å². The number of nitrogens with zero attached hydrogens (tertiary/aromatic N) is 1. The van der Waals surface area contributed by atoms with Crippen LogP contribution in [-0.2, 0) is 30.4 Å². The van der Waals surface area contributed by atoms with E-state index in [4.69, 9.17) is 38.2 Å². The van der Waals surface area contributed by atoms with Gasteiger partial charge in [-0.2, -0.15) is 13.2 Å². The van der Waals surface area contributed by atoms with Gasteiger partial charge in [-0.05, 0) is 30.2 Å². The van der Waals surface area contributed by atoms with Gasteiger partial charge >= 0.3 is 12.1 Å². The van der Waals surface area contributed by atoms with Gasteiger partial charge in [-0.15, -0.1) is 0 Å². The number of guanidine groups is 1. The van der Waals surface area contributed by atoms with Crippen LogP contribution in [0.4, 0.5) is 13.2 Å². The Morgan fingerprint density at radius 1 is 0.932 bits per heavy atom. The van der Waals surface area contributed by atoms with Crippen LogP contribution in [0, 0.1) is 16.7 Å². The topological polar surface area (TPSA) is 282 Å². The predicted molar refractivity (Wildman–Crippen MR) is 155 cm³/mol. The Morgan fingerprint density at radius 3 is 1.84 bits per heavy atom. The first-order valence-corrected chi connectivity index (χ1v) is 13.0. The number of carbonyl (C=O) groups is 5. The van der Waals surface area contributed by atoms with Crippen LogP contribution >= 0.6 is 0 Å². The molecule has 1 unspecified atom stereocenters. The molecule has 44 heavy (non-hydrogen) atoms. The molecule has 1 aromatic carbocycles. The molecule has 18 heteroatoms. The number of primary amides is 1. The summed E-state index contributed by atoms with van der Waals surface area (Å²) in [5.41, 5.74) is 21.9. The normalized spacial score (nSPS) is 13.1. The molecule has 0 aliphatic carbocycles. The molecule has 246 valence electrons. The van der Waals surface area contributed by atoms with Crippen LogP contribution in [-0.4, -0.2) is 78.4 Å². The van der Waals surface area contributed by atoms with Crippen molar-refractivity contribution < 1.29 is 42.3 Å². The van der Waals surface area contributed by atoms with Crippen LogP contribution in [0.15, 0.2) is 29.3 Å². The van der Waals surface area contributed by atoms with Crippen LogP contribution < -0.4 is 38.9 Å². The van der Waals surface area contributed by atoms with Gasteiger partial charge < -0.3 is 44.0 Å². The van der Waals surface area contributed by atoms with Gasteiger partial charge in [0.05, 0.1) is 0 Å². The Morgan fingerprint density at radius 2 is 1.45 bits per heavy atom. The number of nitrogen functional groups attached to an aromatic ring is 1. The van der Waals surface area contributed by atoms with Gasteiger partial charge in [0, 0.05) is 19.2 Å². The van der Waals surface area contributed by atoms with Gasteiger partial charge in [-0.25, -0.2) is 4.79 Å². The quantitative estimate of drug-likeness (QED) is 0.0561. The van der Waals surface area contributed by atoms with Crippen molar-refractivity contribution in [3.8, 4) is 0 Å². The fourth-order valence-corrected chi connectivity index (χ4v) is 3.50.